The molecule has 3 amide bonds. The first-order valence-corrected chi connectivity index (χ1v) is 11.1. The molecule has 1 aromatic heterocycles. The van der Waals surface area contributed by atoms with Crippen LogP contribution in [-0.2, 0) is 20.8 Å². The number of hydrogen-bond acceptors (Lipinski definition) is 6. The lowest BCUT2D eigenvalue weighted by Crippen LogP contribution is -2.58. The Labute approximate surface area is 193 Å². The molecule has 9 nitrogen and oxygen atoms in total. The third-order valence-corrected chi connectivity index (χ3v) is 5.59. The van der Waals surface area contributed by atoms with Gasteiger partial charge in [0.05, 0.1) is 12.6 Å². The highest BCUT2D eigenvalue weighted by molar-refractivity contribution is 6.09. The number of nitrogens with zero attached hydrogens (tertiary/aromatic N) is 2. The fourth-order valence-electron chi connectivity index (χ4n) is 3.78. The van der Waals surface area contributed by atoms with Crippen molar-refractivity contribution in [1.29, 1.82) is 0 Å². The van der Waals surface area contributed by atoms with Crippen molar-refractivity contribution in [2.24, 2.45) is 5.92 Å². The second-order valence-corrected chi connectivity index (χ2v) is 8.40. The second kappa shape index (κ2) is 11.0. The SMILES string of the molecule is CC(C)C(NC(=O)[C@H](C)NCCO)C(=O)N1c2ncccc2CC1C(=O)Nc1ccccc1. The zero-order valence-corrected chi connectivity index (χ0v) is 19.1. The van der Waals surface area contributed by atoms with Crippen molar-refractivity contribution in [3.8, 4) is 0 Å². The summed E-state index contributed by atoms with van der Waals surface area (Å²) in [4.78, 5) is 45.3. The van der Waals surface area contributed by atoms with Gasteiger partial charge in [-0.2, -0.15) is 0 Å². The zero-order chi connectivity index (χ0) is 24.0. The van der Waals surface area contributed by atoms with Crippen molar-refractivity contribution in [1.82, 2.24) is 15.6 Å². The Morgan fingerprint density at radius 2 is 1.85 bits per heavy atom. The van der Waals surface area contributed by atoms with Gasteiger partial charge in [-0.1, -0.05) is 38.1 Å². The summed E-state index contributed by atoms with van der Waals surface area (Å²) in [5.74, 6) is -0.863. The fraction of sp³-hybridized carbons (Fsp3) is 0.417. The lowest BCUT2D eigenvalue weighted by molar-refractivity contribution is -0.130. The van der Waals surface area contributed by atoms with Crippen LogP contribution in [0.2, 0.25) is 0 Å². The van der Waals surface area contributed by atoms with Crippen molar-refractivity contribution >= 4 is 29.2 Å². The zero-order valence-electron chi connectivity index (χ0n) is 19.1. The number of amides is 3. The minimum atomic E-state index is -0.851. The van der Waals surface area contributed by atoms with Crippen molar-refractivity contribution in [2.75, 3.05) is 23.4 Å². The number of nitrogens with one attached hydrogen (secondary N) is 3. The molecular formula is C24H31N5O4. The van der Waals surface area contributed by atoms with Crippen LogP contribution >= 0.6 is 0 Å². The molecule has 0 bridgehead atoms. The average Bonchev–Trinajstić information content (AvgIpc) is 3.20. The summed E-state index contributed by atoms with van der Waals surface area (Å²) < 4.78 is 0. The Morgan fingerprint density at radius 1 is 1.12 bits per heavy atom. The van der Waals surface area contributed by atoms with E-state index in [1.165, 1.54) is 4.90 Å². The Hall–Kier alpha value is -3.30. The molecule has 0 fully saturated rings. The van der Waals surface area contributed by atoms with Gasteiger partial charge in [0, 0.05) is 24.8 Å². The molecule has 3 atom stereocenters. The van der Waals surface area contributed by atoms with Crippen molar-refractivity contribution in [3.05, 3.63) is 54.2 Å². The summed E-state index contributed by atoms with van der Waals surface area (Å²) in [5.41, 5.74) is 1.43. The number of para-hydroxylation sites is 1. The first-order chi connectivity index (χ1) is 15.8. The number of aromatic nitrogens is 1. The van der Waals surface area contributed by atoms with E-state index in [1.807, 2.05) is 38.1 Å². The fourth-order valence-corrected chi connectivity index (χ4v) is 3.78. The molecule has 1 aliphatic heterocycles. The summed E-state index contributed by atoms with van der Waals surface area (Å²) >= 11 is 0. The van der Waals surface area contributed by atoms with Crippen LogP contribution in [0.5, 0.6) is 0 Å². The first kappa shape index (κ1) is 24.3. The summed E-state index contributed by atoms with van der Waals surface area (Å²) in [6.07, 6.45) is 1.92. The van der Waals surface area contributed by atoms with E-state index in [2.05, 4.69) is 20.9 Å². The van der Waals surface area contributed by atoms with Gasteiger partial charge in [-0.05, 0) is 36.6 Å². The van der Waals surface area contributed by atoms with E-state index < -0.39 is 24.0 Å². The lowest BCUT2D eigenvalue weighted by Gasteiger charge is -2.31. The average molecular weight is 454 g/mol. The highest BCUT2D eigenvalue weighted by Gasteiger charge is 2.43. The maximum Gasteiger partial charge on any atom is 0.251 e. The summed E-state index contributed by atoms with van der Waals surface area (Å²) in [6.45, 7) is 5.50. The van der Waals surface area contributed by atoms with Gasteiger partial charge in [0.25, 0.3) is 5.91 Å². The second-order valence-electron chi connectivity index (χ2n) is 8.40. The van der Waals surface area contributed by atoms with E-state index in [0.29, 0.717) is 17.9 Å². The Kier molecular flexibility index (Phi) is 8.13. The highest BCUT2D eigenvalue weighted by Crippen LogP contribution is 2.32. The van der Waals surface area contributed by atoms with Crippen molar-refractivity contribution < 1.29 is 19.5 Å². The molecular weight excluding hydrogens is 422 g/mol. The standard InChI is InChI=1S/C24H31N5O4/c1-15(2)20(28-22(31)16(3)25-12-13-30)24(33)29-19(14-17-8-7-11-26-21(17)29)23(32)27-18-9-5-4-6-10-18/h4-11,15-16,19-20,25,30H,12-14H2,1-3H3,(H,27,32)(H,28,31)/t16-,19?,20?/m0/s1. The van der Waals surface area contributed by atoms with Crippen LogP contribution in [0.1, 0.15) is 26.3 Å². The largest absolute Gasteiger partial charge is 0.395 e. The van der Waals surface area contributed by atoms with Crippen LogP contribution in [0.15, 0.2) is 48.7 Å². The number of aliphatic hydroxyl groups excluding tert-OH is 1. The number of fused-ring (bicyclic) bond motifs is 1. The Morgan fingerprint density at radius 3 is 2.52 bits per heavy atom. The number of pyridine rings is 1. The maximum absolute atomic E-state index is 13.7. The molecule has 2 unspecified atom stereocenters. The van der Waals surface area contributed by atoms with Crippen LogP contribution in [0, 0.1) is 5.92 Å². The van der Waals surface area contributed by atoms with Crippen LogP contribution in [0.4, 0.5) is 11.5 Å². The molecule has 2 aromatic rings. The molecule has 0 saturated carbocycles. The van der Waals surface area contributed by atoms with Gasteiger partial charge in [0.1, 0.15) is 17.9 Å². The van der Waals surface area contributed by atoms with Crippen LogP contribution in [0.25, 0.3) is 0 Å². The predicted octanol–water partition coefficient (Wildman–Crippen LogP) is 1.09. The summed E-state index contributed by atoms with van der Waals surface area (Å²) in [5, 5.41) is 17.6. The molecule has 176 valence electrons. The van der Waals surface area contributed by atoms with E-state index in [-0.39, 0.29) is 30.9 Å². The van der Waals surface area contributed by atoms with Crippen LogP contribution in [-0.4, -0.2) is 59.1 Å². The van der Waals surface area contributed by atoms with E-state index in [0.717, 1.165) is 5.56 Å². The quantitative estimate of drug-likeness (QED) is 0.451. The van der Waals surface area contributed by atoms with Gasteiger partial charge in [-0.15, -0.1) is 0 Å². The molecule has 9 heteroatoms. The molecule has 1 aliphatic rings. The molecule has 2 heterocycles. The number of rotatable bonds is 9. The lowest BCUT2D eigenvalue weighted by atomic mass is 10.0. The molecule has 3 rings (SSSR count). The number of aliphatic hydroxyl groups is 1. The Balaban J connectivity index is 1.85. The van der Waals surface area contributed by atoms with Crippen molar-refractivity contribution in [3.63, 3.8) is 0 Å². The first-order valence-electron chi connectivity index (χ1n) is 11.1. The Bertz CT molecular complexity index is 982. The van der Waals surface area contributed by atoms with Crippen LogP contribution < -0.4 is 20.9 Å². The minimum absolute atomic E-state index is 0.0986. The van der Waals surface area contributed by atoms with Gasteiger partial charge in [-0.25, -0.2) is 4.98 Å². The van der Waals surface area contributed by atoms with E-state index >= 15 is 0 Å². The van der Waals surface area contributed by atoms with Gasteiger partial charge in [0.2, 0.25) is 11.8 Å². The molecule has 0 aliphatic carbocycles. The smallest absolute Gasteiger partial charge is 0.251 e. The molecule has 33 heavy (non-hydrogen) atoms. The number of hydrogen-bond donors (Lipinski definition) is 4. The van der Waals surface area contributed by atoms with E-state index in [4.69, 9.17) is 5.11 Å². The number of benzene rings is 1. The van der Waals surface area contributed by atoms with Gasteiger partial charge in [0.15, 0.2) is 0 Å². The number of carbonyl (C=O) groups is 3. The molecule has 1 aromatic carbocycles. The normalized spacial score (nSPS) is 16.8. The topological polar surface area (TPSA) is 124 Å². The molecule has 0 saturated heterocycles. The van der Waals surface area contributed by atoms with Gasteiger partial charge >= 0.3 is 0 Å². The monoisotopic (exact) mass is 453 g/mol. The maximum atomic E-state index is 13.7. The predicted molar refractivity (Wildman–Crippen MR) is 126 cm³/mol. The molecule has 0 radical (unpaired) electrons. The van der Waals surface area contributed by atoms with E-state index in [9.17, 15) is 14.4 Å². The molecule has 0 spiro atoms. The third kappa shape index (κ3) is 5.74. The summed E-state index contributed by atoms with van der Waals surface area (Å²) in [6, 6.07) is 10.4. The third-order valence-electron chi connectivity index (χ3n) is 5.59. The number of carbonyl (C=O) groups excluding carboxylic acids is 3. The van der Waals surface area contributed by atoms with Gasteiger partial charge < -0.3 is 21.1 Å². The van der Waals surface area contributed by atoms with Crippen LogP contribution in [0.3, 0.4) is 0 Å². The highest BCUT2D eigenvalue weighted by atomic mass is 16.3. The van der Waals surface area contributed by atoms with Crippen molar-refractivity contribution in [2.45, 2.75) is 45.3 Å². The molecule has 4 N–H and O–H groups in total. The van der Waals surface area contributed by atoms with E-state index in [1.54, 1.807) is 31.3 Å². The summed E-state index contributed by atoms with van der Waals surface area (Å²) in [7, 11) is 0. The van der Waals surface area contributed by atoms with Gasteiger partial charge in [-0.3, -0.25) is 19.3 Å². The number of anilines is 2. The minimum Gasteiger partial charge on any atom is -0.395 e.